The van der Waals surface area contributed by atoms with Crippen LogP contribution in [0, 0.1) is 3.57 Å². The first kappa shape index (κ1) is 13.8. The Kier molecular flexibility index (Phi) is 5.03. The predicted octanol–water partition coefficient (Wildman–Crippen LogP) is 2.98. The van der Waals surface area contributed by atoms with Crippen molar-refractivity contribution in [3.63, 3.8) is 0 Å². The SMILES string of the molecule is CCn1cc(I)c(COCCC(F)(F)F)n1. The standard InChI is InChI=1S/C9H12F3IN2O/c1-2-15-5-7(13)8(14-15)6-16-4-3-9(10,11)12/h5H,2-4,6H2,1H3. The topological polar surface area (TPSA) is 27.1 Å². The summed E-state index contributed by atoms with van der Waals surface area (Å²) < 4.78 is 43.0. The molecule has 0 N–H and O–H groups in total. The third-order valence-electron chi connectivity index (χ3n) is 1.88. The fourth-order valence-electron chi connectivity index (χ4n) is 1.05. The Morgan fingerprint density at radius 2 is 2.19 bits per heavy atom. The van der Waals surface area contributed by atoms with Gasteiger partial charge in [0.05, 0.1) is 23.2 Å². The summed E-state index contributed by atoms with van der Waals surface area (Å²) in [6.45, 7) is 2.48. The van der Waals surface area contributed by atoms with Gasteiger partial charge < -0.3 is 4.74 Å². The molecule has 0 unspecified atom stereocenters. The minimum absolute atomic E-state index is 0.126. The lowest BCUT2D eigenvalue weighted by Gasteiger charge is -2.06. The maximum absolute atomic E-state index is 11.8. The van der Waals surface area contributed by atoms with Crippen molar-refractivity contribution in [2.24, 2.45) is 0 Å². The van der Waals surface area contributed by atoms with Crippen LogP contribution in [0.1, 0.15) is 19.0 Å². The Labute approximate surface area is 105 Å². The number of halogens is 4. The summed E-state index contributed by atoms with van der Waals surface area (Å²) in [5.74, 6) is 0. The zero-order chi connectivity index (χ0) is 12.2. The number of aromatic nitrogens is 2. The van der Waals surface area contributed by atoms with Gasteiger partial charge in [0.2, 0.25) is 0 Å². The first-order valence-corrected chi connectivity index (χ1v) is 5.86. The minimum atomic E-state index is -4.16. The van der Waals surface area contributed by atoms with Gasteiger partial charge in [0.1, 0.15) is 5.69 Å². The van der Waals surface area contributed by atoms with Crippen molar-refractivity contribution < 1.29 is 17.9 Å². The molecule has 0 atom stereocenters. The van der Waals surface area contributed by atoms with Crippen LogP contribution in [0.3, 0.4) is 0 Å². The number of rotatable bonds is 5. The number of nitrogens with zero attached hydrogens (tertiary/aromatic N) is 2. The van der Waals surface area contributed by atoms with E-state index >= 15 is 0 Å². The van der Waals surface area contributed by atoms with Gasteiger partial charge in [-0.2, -0.15) is 18.3 Å². The molecule has 0 aliphatic rings. The van der Waals surface area contributed by atoms with Gasteiger partial charge in [-0.05, 0) is 29.5 Å². The van der Waals surface area contributed by atoms with Crippen molar-refractivity contribution in [2.75, 3.05) is 6.61 Å². The van der Waals surface area contributed by atoms with E-state index in [-0.39, 0.29) is 13.2 Å². The van der Waals surface area contributed by atoms with E-state index in [1.54, 1.807) is 4.68 Å². The van der Waals surface area contributed by atoms with Gasteiger partial charge in [0.25, 0.3) is 0 Å². The first-order chi connectivity index (χ1) is 7.42. The van der Waals surface area contributed by atoms with Crippen LogP contribution >= 0.6 is 22.6 Å². The van der Waals surface area contributed by atoms with Gasteiger partial charge in [-0.25, -0.2) is 0 Å². The molecule has 7 heteroatoms. The highest BCUT2D eigenvalue weighted by Crippen LogP contribution is 2.19. The molecule has 0 saturated heterocycles. The van der Waals surface area contributed by atoms with Crippen LogP contribution in [0.15, 0.2) is 6.20 Å². The second kappa shape index (κ2) is 5.85. The second-order valence-electron chi connectivity index (χ2n) is 3.20. The average Bonchev–Trinajstić information content (AvgIpc) is 2.53. The van der Waals surface area contributed by atoms with Crippen molar-refractivity contribution in [2.45, 2.75) is 32.7 Å². The highest BCUT2D eigenvalue weighted by atomic mass is 127. The molecule has 0 amide bonds. The van der Waals surface area contributed by atoms with Gasteiger partial charge in [0.15, 0.2) is 0 Å². The monoisotopic (exact) mass is 348 g/mol. The Morgan fingerprint density at radius 3 is 2.69 bits per heavy atom. The third kappa shape index (κ3) is 4.69. The fraction of sp³-hybridized carbons (Fsp3) is 0.667. The van der Waals surface area contributed by atoms with E-state index in [1.807, 2.05) is 13.1 Å². The zero-order valence-electron chi connectivity index (χ0n) is 8.72. The summed E-state index contributed by atoms with van der Waals surface area (Å²) in [5.41, 5.74) is 0.685. The van der Waals surface area contributed by atoms with Crippen LogP contribution in [0.4, 0.5) is 13.2 Å². The molecular weight excluding hydrogens is 336 g/mol. The lowest BCUT2D eigenvalue weighted by atomic mass is 10.4. The first-order valence-electron chi connectivity index (χ1n) is 4.78. The molecule has 1 aromatic rings. The van der Waals surface area contributed by atoms with Crippen molar-refractivity contribution in [3.8, 4) is 0 Å². The van der Waals surface area contributed by atoms with Crippen molar-refractivity contribution >= 4 is 22.6 Å². The summed E-state index contributed by atoms with van der Waals surface area (Å²) in [7, 11) is 0. The summed E-state index contributed by atoms with van der Waals surface area (Å²) >= 11 is 2.09. The third-order valence-corrected chi connectivity index (χ3v) is 2.78. The van der Waals surface area contributed by atoms with E-state index in [1.165, 1.54) is 0 Å². The molecular formula is C9H12F3IN2O. The van der Waals surface area contributed by atoms with Crippen molar-refractivity contribution in [1.82, 2.24) is 9.78 Å². The molecule has 1 rings (SSSR count). The molecule has 0 aromatic carbocycles. The van der Waals surface area contributed by atoms with Crippen molar-refractivity contribution in [3.05, 3.63) is 15.5 Å². The molecule has 0 bridgehead atoms. The number of ether oxygens (including phenoxy) is 1. The number of alkyl halides is 3. The number of aryl methyl sites for hydroxylation is 1. The molecule has 0 fully saturated rings. The predicted molar refractivity (Wildman–Crippen MR) is 60.9 cm³/mol. The summed E-state index contributed by atoms with van der Waals surface area (Å²) in [4.78, 5) is 0. The Hall–Kier alpha value is -0.310. The maximum Gasteiger partial charge on any atom is 0.391 e. The second-order valence-corrected chi connectivity index (χ2v) is 4.36. The zero-order valence-corrected chi connectivity index (χ0v) is 10.9. The molecule has 0 radical (unpaired) electrons. The summed E-state index contributed by atoms with van der Waals surface area (Å²) in [6.07, 6.45) is -3.24. The quantitative estimate of drug-likeness (QED) is 0.604. The van der Waals surface area contributed by atoms with E-state index in [4.69, 9.17) is 4.74 Å². The highest BCUT2D eigenvalue weighted by Gasteiger charge is 2.26. The van der Waals surface area contributed by atoms with Gasteiger partial charge in [-0.1, -0.05) is 0 Å². The summed E-state index contributed by atoms with van der Waals surface area (Å²) in [5, 5.41) is 4.17. The molecule has 16 heavy (non-hydrogen) atoms. The smallest absolute Gasteiger partial charge is 0.375 e. The van der Waals surface area contributed by atoms with Gasteiger partial charge >= 0.3 is 6.18 Å². The normalized spacial score (nSPS) is 12.1. The van der Waals surface area contributed by atoms with Crippen LogP contribution in [-0.2, 0) is 17.9 Å². The lowest BCUT2D eigenvalue weighted by molar-refractivity contribution is -0.146. The molecule has 0 aliphatic heterocycles. The maximum atomic E-state index is 11.8. The lowest BCUT2D eigenvalue weighted by Crippen LogP contribution is -2.11. The molecule has 1 aromatic heterocycles. The largest absolute Gasteiger partial charge is 0.391 e. The van der Waals surface area contributed by atoms with Crippen LogP contribution in [0.25, 0.3) is 0 Å². The minimum Gasteiger partial charge on any atom is -0.375 e. The van der Waals surface area contributed by atoms with Gasteiger partial charge in [-0.3, -0.25) is 4.68 Å². The number of hydrogen-bond acceptors (Lipinski definition) is 2. The van der Waals surface area contributed by atoms with Crippen LogP contribution in [-0.4, -0.2) is 22.6 Å². The molecule has 0 aliphatic carbocycles. The molecule has 1 heterocycles. The van der Waals surface area contributed by atoms with Crippen molar-refractivity contribution in [1.29, 1.82) is 0 Å². The van der Waals surface area contributed by atoms with Crippen LogP contribution in [0.5, 0.6) is 0 Å². The summed E-state index contributed by atoms with van der Waals surface area (Å²) in [6, 6.07) is 0. The highest BCUT2D eigenvalue weighted by molar-refractivity contribution is 14.1. The Balaban J connectivity index is 2.34. The van der Waals surface area contributed by atoms with E-state index in [0.29, 0.717) is 5.69 Å². The molecule has 0 saturated carbocycles. The Bertz CT molecular complexity index is 338. The molecule has 3 nitrogen and oxygen atoms in total. The van der Waals surface area contributed by atoms with Gasteiger partial charge in [-0.15, -0.1) is 0 Å². The van der Waals surface area contributed by atoms with E-state index in [2.05, 4.69) is 27.7 Å². The molecule has 92 valence electrons. The van der Waals surface area contributed by atoms with E-state index in [9.17, 15) is 13.2 Å². The number of hydrogen-bond donors (Lipinski definition) is 0. The van der Waals surface area contributed by atoms with E-state index in [0.717, 1.165) is 10.1 Å². The van der Waals surface area contributed by atoms with E-state index < -0.39 is 12.6 Å². The molecule has 0 spiro atoms. The van der Waals surface area contributed by atoms with Gasteiger partial charge in [0, 0.05) is 12.7 Å². The average molecular weight is 348 g/mol. The van der Waals surface area contributed by atoms with Crippen LogP contribution < -0.4 is 0 Å². The fourth-order valence-corrected chi connectivity index (χ4v) is 1.64. The van der Waals surface area contributed by atoms with Crippen LogP contribution in [0.2, 0.25) is 0 Å². The Morgan fingerprint density at radius 1 is 1.50 bits per heavy atom.